The Hall–Kier alpha value is -2.40. The molecule has 5 heteroatoms. The van der Waals surface area contributed by atoms with Crippen molar-refractivity contribution in [1.82, 2.24) is 10.3 Å². The molecule has 0 spiro atoms. The monoisotopic (exact) mass is 325 g/mol. The maximum absolute atomic E-state index is 12.3. The molecule has 1 aliphatic heterocycles. The zero-order chi connectivity index (χ0) is 16.9. The summed E-state index contributed by atoms with van der Waals surface area (Å²) in [6.45, 7) is 5.45. The lowest BCUT2D eigenvalue weighted by Crippen LogP contribution is -2.31. The number of benzene rings is 1. The molecule has 126 valence electrons. The van der Waals surface area contributed by atoms with Gasteiger partial charge in [-0.15, -0.1) is 0 Å². The van der Waals surface area contributed by atoms with Crippen LogP contribution < -0.4 is 10.6 Å². The molecule has 5 nitrogen and oxygen atoms in total. The fourth-order valence-electron chi connectivity index (χ4n) is 2.90. The van der Waals surface area contributed by atoms with Crippen LogP contribution in [0.4, 0.5) is 11.4 Å². The third-order valence-electron chi connectivity index (χ3n) is 4.27. The first-order valence-corrected chi connectivity index (χ1v) is 8.31. The maximum atomic E-state index is 12.3. The van der Waals surface area contributed by atoms with E-state index < -0.39 is 0 Å². The number of ether oxygens (including phenoxy) is 1. The number of carbonyl (C=O) groups excluding carboxylic acids is 1. The molecule has 2 N–H and O–H groups in total. The van der Waals surface area contributed by atoms with Gasteiger partial charge in [0.2, 0.25) is 0 Å². The van der Waals surface area contributed by atoms with E-state index in [9.17, 15) is 4.79 Å². The predicted octanol–water partition coefficient (Wildman–Crippen LogP) is 3.35. The molecule has 0 aliphatic carbocycles. The quantitative estimate of drug-likeness (QED) is 0.885. The lowest BCUT2D eigenvalue weighted by atomic mass is 10.1. The Morgan fingerprint density at radius 3 is 2.79 bits per heavy atom. The lowest BCUT2D eigenvalue weighted by molar-refractivity contribution is 0.0857. The van der Waals surface area contributed by atoms with Gasteiger partial charge in [0.25, 0.3) is 5.91 Å². The van der Waals surface area contributed by atoms with Gasteiger partial charge in [-0.25, -0.2) is 0 Å². The minimum Gasteiger partial charge on any atom is -0.376 e. The van der Waals surface area contributed by atoms with Crippen LogP contribution in [-0.2, 0) is 4.74 Å². The van der Waals surface area contributed by atoms with Crippen molar-refractivity contribution in [2.75, 3.05) is 18.5 Å². The second kappa shape index (κ2) is 7.45. The number of rotatable bonds is 5. The van der Waals surface area contributed by atoms with Gasteiger partial charge in [-0.05, 0) is 43.9 Å². The molecule has 2 aromatic rings. The van der Waals surface area contributed by atoms with E-state index >= 15 is 0 Å². The second-order valence-corrected chi connectivity index (χ2v) is 6.20. The average Bonchev–Trinajstić information content (AvgIpc) is 3.10. The van der Waals surface area contributed by atoms with Gasteiger partial charge in [0, 0.05) is 25.0 Å². The third kappa shape index (κ3) is 3.92. The van der Waals surface area contributed by atoms with Gasteiger partial charge in [0.15, 0.2) is 0 Å². The molecule has 0 radical (unpaired) electrons. The molecule has 1 amide bonds. The Balaban J connectivity index is 1.68. The van der Waals surface area contributed by atoms with E-state index in [1.54, 1.807) is 12.4 Å². The largest absolute Gasteiger partial charge is 0.376 e. The molecule has 2 heterocycles. The second-order valence-electron chi connectivity index (χ2n) is 6.20. The van der Waals surface area contributed by atoms with Gasteiger partial charge in [-0.3, -0.25) is 9.78 Å². The predicted molar refractivity (Wildman–Crippen MR) is 94.7 cm³/mol. The van der Waals surface area contributed by atoms with Crippen LogP contribution in [0.1, 0.15) is 34.3 Å². The van der Waals surface area contributed by atoms with Crippen LogP contribution in [0, 0.1) is 13.8 Å². The number of para-hydroxylation sites is 1. The minimum atomic E-state index is -0.122. The van der Waals surface area contributed by atoms with Crippen LogP contribution in [0.25, 0.3) is 0 Å². The highest BCUT2D eigenvalue weighted by atomic mass is 16.5. The number of nitrogens with zero attached hydrogens (tertiary/aromatic N) is 1. The van der Waals surface area contributed by atoms with Crippen molar-refractivity contribution in [3.05, 3.63) is 53.3 Å². The molecule has 1 aromatic carbocycles. The fourth-order valence-corrected chi connectivity index (χ4v) is 2.90. The third-order valence-corrected chi connectivity index (χ3v) is 4.27. The van der Waals surface area contributed by atoms with Crippen molar-refractivity contribution in [3.8, 4) is 0 Å². The van der Waals surface area contributed by atoms with E-state index in [4.69, 9.17) is 4.74 Å². The summed E-state index contributed by atoms with van der Waals surface area (Å²) in [7, 11) is 0. The van der Waals surface area contributed by atoms with Crippen LogP contribution in [0.3, 0.4) is 0 Å². The lowest BCUT2D eigenvalue weighted by Gasteiger charge is -2.14. The summed E-state index contributed by atoms with van der Waals surface area (Å²) in [5, 5.41) is 6.29. The molecular formula is C19H23N3O2. The Labute approximate surface area is 142 Å². The molecule has 1 aromatic heterocycles. The van der Waals surface area contributed by atoms with E-state index in [2.05, 4.69) is 41.6 Å². The number of anilines is 2. The molecular weight excluding hydrogens is 302 g/mol. The zero-order valence-electron chi connectivity index (χ0n) is 14.1. The maximum Gasteiger partial charge on any atom is 0.253 e. The van der Waals surface area contributed by atoms with Gasteiger partial charge in [0.05, 0.1) is 23.6 Å². The number of hydrogen-bond acceptors (Lipinski definition) is 4. The van der Waals surface area contributed by atoms with E-state index in [0.717, 1.165) is 42.0 Å². The number of amides is 1. The molecule has 1 saturated heterocycles. The van der Waals surface area contributed by atoms with Crippen LogP contribution in [0.2, 0.25) is 0 Å². The van der Waals surface area contributed by atoms with E-state index in [-0.39, 0.29) is 12.0 Å². The summed E-state index contributed by atoms with van der Waals surface area (Å²) in [5.41, 5.74) is 4.71. The highest BCUT2D eigenvalue weighted by Crippen LogP contribution is 2.24. The van der Waals surface area contributed by atoms with Crippen molar-refractivity contribution in [2.45, 2.75) is 32.8 Å². The van der Waals surface area contributed by atoms with E-state index in [0.29, 0.717) is 12.1 Å². The molecule has 24 heavy (non-hydrogen) atoms. The first-order valence-electron chi connectivity index (χ1n) is 8.31. The fraction of sp³-hybridized carbons (Fsp3) is 0.368. The Morgan fingerprint density at radius 2 is 2.08 bits per heavy atom. The molecule has 3 rings (SSSR count). The van der Waals surface area contributed by atoms with Crippen molar-refractivity contribution in [2.24, 2.45) is 0 Å². The van der Waals surface area contributed by atoms with E-state index in [1.807, 2.05) is 12.1 Å². The van der Waals surface area contributed by atoms with Crippen molar-refractivity contribution < 1.29 is 9.53 Å². The van der Waals surface area contributed by atoms with Gasteiger partial charge in [-0.2, -0.15) is 0 Å². The summed E-state index contributed by atoms with van der Waals surface area (Å²) >= 11 is 0. The molecule has 1 aliphatic rings. The smallest absolute Gasteiger partial charge is 0.253 e. The highest BCUT2D eigenvalue weighted by molar-refractivity contribution is 5.94. The molecule has 1 fully saturated rings. The number of pyridine rings is 1. The first kappa shape index (κ1) is 16.5. The van der Waals surface area contributed by atoms with Crippen LogP contribution in [0.5, 0.6) is 0 Å². The van der Waals surface area contributed by atoms with Gasteiger partial charge < -0.3 is 15.4 Å². The highest BCUT2D eigenvalue weighted by Gasteiger charge is 2.17. The van der Waals surface area contributed by atoms with E-state index in [1.165, 1.54) is 0 Å². The van der Waals surface area contributed by atoms with Gasteiger partial charge in [-0.1, -0.05) is 18.2 Å². The normalized spacial score (nSPS) is 16.8. The Morgan fingerprint density at radius 1 is 1.29 bits per heavy atom. The molecule has 0 bridgehead atoms. The van der Waals surface area contributed by atoms with Gasteiger partial charge >= 0.3 is 0 Å². The summed E-state index contributed by atoms with van der Waals surface area (Å²) in [6.07, 6.45) is 5.52. The minimum absolute atomic E-state index is 0.122. The first-order chi connectivity index (χ1) is 11.6. The number of aromatic nitrogens is 1. The summed E-state index contributed by atoms with van der Waals surface area (Å²) in [4.78, 5) is 16.5. The molecule has 1 atom stereocenters. The van der Waals surface area contributed by atoms with Gasteiger partial charge in [0.1, 0.15) is 0 Å². The number of hydrogen-bond donors (Lipinski definition) is 2. The Bertz CT molecular complexity index is 704. The SMILES string of the molecule is Cc1cccc(C)c1Nc1cncc(C(=O)NCC2CCCO2)c1. The Kier molecular flexibility index (Phi) is 5.11. The standard InChI is InChI=1S/C19H23N3O2/c1-13-5-3-6-14(2)18(13)22-16-9-15(10-20-11-16)19(23)21-12-17-7-4-8-24-17/h3,5-6,9-11,17,22H,4,7-8,12H2,1-2H3,(H,21,23). The van der Waals surface area contributed by atoms with Crippen molar-refractivity contribution in [3.63, 3.8) is 0 Å². The van der Waals surface area contributed by atoms with Crippen LogP contribution in [-0.4, -0.2) is 30.1 Å². The molecule has 0 saturated carbocycles. The average molecular weight is 325 g/mol. The number of aryl methyl sites for hydroxylation is 2. The van der Waals surface area contributed by atoms with Crippen molar-refractivity contribution in [1.29, 1.82) is 0 Å². The topological polar surface area (TPSA) is 63.2 Å². The van der Waals surface area contributed by atoms with Crippen LogP contribution >= 0.6 is 0 Å². The summed E-state index contributed by atoms with van der Waals surface area (Å²) in [5.74, 6) is -0.122. The zero-order valence-corrected chi connectivity index (χ0v) is 14.1. The van der Waals surface area contributed by atoms with Crippen molar-refractivity contribution >= 4 is 17.3 Å². The molecule has 1 unspecified atom stereocenters. The van der Waals surface area contributed by atoms with Crippen LogP contribution in [0.15, 0.2) is 36.7 Å². The number of carbonyl (C=O) groups is 1. The number of nitrogens with one attached hydrogen (secondary N) is 2. The summed E-state index contributed by atoms with van der Waals surface area (Å²) in [6, 6.07) is 7.97. The summed E-state index contributed by atoms with van der Waals surface area (Å²) < 4.78 is 5.53.